The standard InChI is InChI=1S/C18H26N2O7S/c1-24-14-10-13-11-16(27-28(22,23)17(13)12-15(14)25-2)18(21)19-4-3-5-20-6-8-26-9-7-20/h10,12,16H,3-9,11H2,1-2H3,(H,19,21). The molecule has 156 valence electrons. The first kappa shape index (κ1) is 20.8. The lowest BCUT2D eigenvalue weighted by Gasteiger charge is -2.27. The van der Waals surface area contributed by atoms with Gasteiger partial charge in [0.05, 0.1) is 27.4 Å². The summed E-state index contributed by atoms with van der Waals surface area (Å²) in [6.07, 6.45) is -0.184. The number of ether oxygens (including phenoxy) is 3. The van der Waals surface area contributed by atoms with Gasteiger partial charge in [0.25, 0.3) is 16.0 Å². The van der Waals surface area contributed by atoms with Gasteiger partial charge in [-0.15, -0.1) is 0 Å². The molecule has 1 aromatic carbocycles. The normalized spacial score (nSPS) is 21.6. The minimum Gasteiger partial charge on any atom is -0.493 e. The predicted octanol–water partition coefficient (Wildman–Crippen LogP) is 0.172. The first-order valence-corrected chi connectivity index (χ1v) is 10.6. The van der Waals surface area contributed by atoms with Crippen LogP contribution in [0.15, 0.2) is 17.0 Å². The number of amides is 1. The lowest BCUT2D eigenvalue weighted by atomic mass is 10.1. The molecule has 9 nitrogen and oxygen atoms in total. The van der Waals surface area contributed by atoms with Crippen LogP contribution in [0.25, 0.3) is 0 Å². The van der Waals surface area contributed by atoms with Gasteiger partial charge in [0, 0.05) is 32.1 Å². The van der Waals surface area contributed by atoms with Crippen molar-refractivity contribution in [3.63, 3.8) is 0 Å². The molecule has 28 heavy (non-hydrogen) atoms. The minimum absolute atomic E-state index is 0.00141. The van der Waals surface area contributed by atoms with Crippen LogP contribution in [0, 0.1) is 0 Å². The molecule has 2 heterocycles. The summed E-state index contributed by atoms with van der Waals surface area (Å²) in [6.45, 7) is 4.55. The maximum absolute atomic E-state index is 12.5. The van der Waals surface area contributed by atoms with E-state index in [1.54, 1.807) is 6.07 Å². The summed E-state index contributed by atoms with van der Waals surface area (Å²) in [7, 11) is -1.17. The third-order valence-electron chi connectivity index (χ3n) is 4.83. The second-order valence-electron chi connectivity index (χ2n) is 6.66. The zero-order chi connectivity index (χ0) is 20.1. The average Bonchev–Trinajstić information content (AvgIpc) is 2.70. The number of nitrogens with zero attached hydrogens (tertiary/aromatic N) is 1. The van der Waals surface area contributed by atoms with Gasteiger partial charge in [-0.2, -0.15) is 8.42 Å². The number of fused-ring (bicyclic) bond motifs is 1. The highest BCUT2D eigenvalue weighted by molar-refractivity contribution is 7.87. The lowest BCUT2D eigenvalue weighted by Crippen LogP contribution is -2.43. The van der Waals surface area contributed by atoms with Crippen molar-refractivity contribution in [1.29, 1.82) is 0 Å². The second-order valence-corrected chi connectivity index (χ2v) is 8.20. The van der Waals surface area contributed by atoms with E-state index in [0.717, 1.165) is 39.3 Å². The number of morpholine rings is 1. The molecule has 1 amide bonds. The Morgan fingerprint density at radius 1 is 1.21 bits per heavy atom. The maximum atomic E-state index is 12.5. The molecule has 0 radical (unpaired) electrons. The smallest absolute Gasteiger partial charge is 0.298 e. The molecule has 10 heteroatoms. The third-order valence-corrected chi connectivity index (χ3v) is 6.24. The van der Waals surface area contributed by atoms with Crippen molar-refractivity contribution in [2.45, 2.75) is 23.8 Å². The first-order chi connectivity index (χ1) is 13.4. The Kier molecular flexibility index (Phi) is 6.76. The van der Waals surface area contributed by atoms with E-state index in [0.29, 0.717) is 23.6 Å². The van der Waals surface area contributed by atoms with Crippen molar-refractivity contribution in [1.82, 2.24) is 10.2 Å². The molecule has 1 saturated heterocycles. The van der Waals surface area contributed by atoms with E-state index in [9.17, 15) is 13.2 Å². The summed E-state index contributed by atoms with van der Waals surface area (Å²) >= 11 is 0. The van der Waals surface area contributed by atoms with E-state index in [1.807, 2.05) is 0 Å². The van der Waals surface area contributed by atoms with Crippen LogP contribution in [0.5, 0.6) is 11.5 Å². The number of methoxy groups -OCH3 is 2. The van der Waals surface area contributed by atoms with Crippen LogP contribution >= 0.6 is 0 Å². The van der Waals surface area contributed by atoms with Crippen molar-refractivity contribution >= 4 is 16.0 Å². The van der Waals surface area contributed by atoms with Crippen LogP contribution < -0.4 is 14.8 Å². The second kappa shape index (κ2) is 9.08. The van der Waals surface area contributed by atoms with Crippen molar-refractivity contribution in [2.75, 3.05) is 53.6 Å². The van der Waals surface area contributed by atoms with Gasteiger partial charge >= 0.3 is 0 Å². The van der Waals surface area contributed by atoms with Crippen LogP contribution in [-0.2, 0) is 30.3 Å². The zero-order valence-electron chi connectivity index (χ0n) is 16.1. The fraction of sp³-hybridized carbons (Fsp3) is 0.611. The predicted molar refractivity (Wildman–Crippen MR) is 100 cm³/mol. The van der Waals surface area contributed by atoms with Crippen LogP contribution in [0.4, 0.5) is 0 Å². The Morgan fingerprint density at radius 2 is 1.89 bits per heavy atom. The first-order valence-electron chi connectivity index (χ1n) is 9.20. The van der Waals surface area contributed by atoms with Gasteiger partial charge in [0.2, 0.25) is 0 Å². The molecule has 2 aliphatic rings. The topological polar surface area (TPSA) is 103 Å². The van der Waals surface area contributed by atoms with Crippen molar-refractivity contribution in [3.05, 3.63) is 17.7 Å². The molecule has 0 bridgehead atoms. The zero-order valence-corrected chi connectivity index (χ0v) is 16.9. The molecule has 1 aromatic rings. The minimum atomic E-state index is -4.06. The highest BCUT2D eigenvalue weighted by Crippen LogP contribution is 2.37. The van der Waals surface area contributed by atoms with Gasteiger partial charge in [-0.25, -0.2) is 0 Å². The number of rotatable bonds is 7. The molecule has 1 fully saturated rings. The van der Waals surface area contributed by atoms with Gasteiger partial charge < -0.3 is 19.5 Å². The molecule has 0 aliphatic carbocycles. The number of hydrogen-bond acceptors (Lipinski definition) is 8. The van der Waals surface area contributed by atoms with Gasteiger partial charge in [0.1, 0.15) is 4.90 Å². The molecule has 0 aromatic heterocycles. The van der Waals surface area contributed by atoms with E-state index in [-0.39, 0.29) is 11.3 Å². The summed E-state index contributed by atoms with van der Waals surface area (Å²) in [5.41, 5.74) is 0.470. The van der Waals surface area contributed by atoms with Crippen molar-refractivity contribution in [2.24, 2.45) is 0 Å². The summed E-state index contributed by atoms with van der Waals surface area (Å²) in [6, 6.07) is 2.94. The summed E-state index contributed by atoms with van der Waals surface area (Å²) in [4.78, 5) is 14.7. The fourth-order valence-corrected chi connectivity index (χ4v) is 4.60. The Balaban J connectivity index is 1.60. The largest absolute Gasteiger partial charge is 0.493 e. The number of carbonyl (C=O) groups excluding carboxylic acids is 1. The Hall–Kier alpha value is -1.88. The Labute approximate surface area is 165 Å². The molecular weight excluding hydrogens is 388 g/mol. The van der Waals surface area contributed by atoms with Gasteiger partial charge in [-0.05, 0) is 24.6 Å². The molecule has 1 atom stereocenters. The lowest BCUT2D eigenvalue weighted by molar-refractivity contribution is -0.128. The van der Waals surface area contributed by atoms with E-state index in [2.05, 4.69) is 10.2 Å². The molecule has 2 aliphatic heterocycles. The molecule has 1 N–H and O–H groups in total. The fourth-order valence-electron chi connectivity index (χ4n) is 3.32. The third kappa shape index (κ3) is 4.75. The van der Waals surface area contributed by atoms with E-state index in [4.69, 9.17) is 18.4 Å². The molecule has 0 saturated carbocycles. The molecule has 1 unspecified atom stereocenters. The molecular formula is C18H26N2O7S. The van der Waals surface area contributed by atoms with E-state index >= 15 is 0 Å². The number of carbonyl (C=O) groups is 1. The molecule has 3 rings (SSSR count). The average molecular weight is 414 g/mol. The SMILES string of the molecule is COc1cc2c(cc1OC)S(=O)(=O)OC(C(=O)NCCCN1CCOCC1)C2. The molecule has 0 spiro atoms. The maximum Gasteiger partial charge on any atom is 0.298 e. The number of nitrogens with one attached hydrogen (secondary N) is 1. The van der Waals surface area contributed by atoms with Crippen molar-refractivity contribution in [3.8, 4) is 11.5 Å². The Bertz CT molecular complexity index is 806. The summed E-state index contributed by atoms with van der Waals surface area (Å²) in [5, 5.41) is 2.77. The van der Waals surface area contributed by atoms with Crippen LogP contribution in [0.3, 0.4) is 0 Å². The van der Waals surface area contributed by atoms with Gasteiger partial charge in [0.15, 0.2) is 17.6 Å². The van der Waals surface area contributed by atoms with Gasteiger partial charge in [-0.1, -0.05) is 0 Å². The number of benzene rings is 1. The van der Waals surface area contributed by atoms with E-state index < -0.39 is 22.1 Å². The van der Waals surface area contributed by atoms with Crippen LogP contribution in [0.2, 0.25) is 0 Å². The van der Waals surface area contributed by atoms with Gasteiger partial charge in [-0.3, -0.25) is 13.9 Å². The summed E-state index contributed by atoms with van der Waals surface area (Å²) < 4.78 is 45.7. The van der Waals surface area contributed by atoms with Crippen molar-refractivity contribution < 1.29 is 31.6 Å². The Morgan fingerprint density at radius 3 is 2.57 bits per heavy atom. The summed E-state index contributed by atoms with van der Waals surface area (Å²) in [5.74, 6) is 0.258. The number of hydrogen-bond donors (Lipinski definition) is 1. The van der Waals surface area contributed by atoms with E-state index in [1.165, 1.54) is 20.3 Å². The van der Waals surface area contributed by atoms with Crippen LogP contribution in [0.1, 0.15) is 12.0 Å². The van der Waals surface area contributed by atoms with Crippen LogP contribution in [-0.4, -0.2) is 78.9 Å². The highest BCUT2D eigenvalue weighted by atomic mass is 32.2. The highest BCUT2D eigenvalue weighted by Gasteiger charge is 2.36. The quantitative estimate of drug-likeness (QED) is 0.498. The monoisotopic (exact) mass is 414 g/mol.